The van der Waals surface area contributed by atoms with Gasteiger partial charge in [0.1, 0.15) is 0 Å². The van der Waals surface area contributed by atoms with Crippen LogP contribution in [0.1, 0.15) is 96.3 Å². The van der Waals surface area contributed by atoms with Crippen LogP contribution in [0.15, 0.2) is 48.6 Å². The molecule has 2 aromatic rings. The molecule has 0 amide bonds. The summed E-state index contributed by atoms with van der Waals surface area (Å²) in [6, 6.07) is 11.4. The third kappa shape index (κ3) is 4.56. The first-order valence-corrected chi connectivity index (χ1v) is 14.3. The van der Waals surface area contributed by atoms with E-state index in [0.29, 0.717) is 33.8 Å². The molecular formula is C35H42O4. The number of ether oxygens (including phenoxy) is 1. The molecule has 4 atom stereocenters. The topological polar surface area (TPSA) is 63.6 Å². The zero-order valence-electron chi connectivity index (χ0n) is 24.4. The summed E-state index contributed by atoms with van der Waals surface area (Å²) in [5, 5.41) is 9.04. The van der Waals surface area contributed by atoms with Crippen molar-refractivity contribution in [1.82, 2.24) is 0 Å². The van der Waals surface area contributed by atoms with Crippen LogP contribution < -0.4 is 0 Å². The number of carbonyl (C=O) groups excluding carboxylic acids is 1. The number of hydrogen-bond acceptors (Lipinski definition) is 3. The lowest BCUT2D eigenvalue weighted by molar-refractivity contribution is 0.0112. The minimum Gasteiger partial charge on any atom is -0.478 e. The molecule has 2 fully saturated rings. The predicted molar refractivity (Wildman–Crippen MR) is 157 cm³/mol. The fraction of sp³-hybridized carbons (Fsp3) is 0.486. The summed E-state index contributed by atoms with van der Waals surface area (Å²) < 4.78 is 4.79. The summed E-state index contributed by atoms with van der Waals surface area (Å²) in [6.07, 6.45) is 9.74. The number of aromatic carboxylic acids is 1. The van der Waals surface area contributed by atoms with Crippen LogP contribution in [0.5, 0.6) is 0 Å². The van der Waals surface area contributed by atoms with Gasteiger partial charge in [0.2, 0.25) is 0 Å². The molecule has 2 aromatic carbocycles. The summed E-state index contributed by atoms with van der Waals surface area (Å²) in [5.41, 5.74) is 9.54. The van der Waals surface area contributed by atoms with Crippen molar-refractivity contribution in [2.24, 2.45) is 34.5 Å². The molecule has 206 valence electrons. The van der Waals surface area contributed by atoms with Gasteiger partial charge >= 0.3 is 11.9 Å². The number of rotatable bonds is 4. The predicted octanol–water partition coefficient (Wildman–Crippen LogP) is 8.37. The van der Waals surface area contributed by atoms with E-state index in [1.165, 1.54) is 60.6 Å². The van der Waals surface area contributed by atoms with Crippen LogP contribution in [0.3, 0.4) is 0 Å². The van der Waals surface area contributed by atoms with Crippen LogP contribution in [0.4, 0.5) is 0 Å². The van der Waals surface area contributed by atoms with Gasteiger partial charge in [0.25, 0.3) is 0 Å². The zero-order chi connectivity index (χ0) is 28.3. The first kappa shape index (κ1) is 27.4. The third-order valence-corrected chi connectivity index (χ3v) is 10.7. The van der Waals surface area contributed by atoms with Crippen LogP contribution in [-0.4, -0.2) is 24.2 Å². The monoisotopic (exact) mass is 526 g/mol. The summed E-state index contributed by atoms with van der Waals surface area (Å²) in [4.78, 5) is 22.6. The number of methoxy groups -OCH3 is 1. The van der Waals surface area contributed by atoms with Crippen molar-refractivity contribution in [3.05, 3.63) is 81.9 Å². The van der Waals surface area contributed by atoms with Crippen LogP contribution in [-0.2, 0) is 4.74 Å². The molecule has 0 radical (unpaired) electrons. The lowest BCUT2D eigenvalue weighted by Crippen LogP contribution is -2.47. The molecule has 0 heterocycles. The highest BCUT2D eigenvalue weighted by molar-refractivity contribution is 5.90. The zero-order valence-corrected chi connectivity index (χ0v) is 24.4. The maximum atomic E-state index is 11.6. The standard InChI is InChI=1S/C18H22O2.C17H20O2/c1-11-9-12(17(19)20-4)5-7-14(11)15-8-6-13-10-16(15)18(13,2)3;1-10-8-11(16(18)19)4-6-13(10)14-7-5-12-9-15(14)17(12,2)3/h5,7-9,13,16H,6,10H2,1-4H3;4,6-8,12,15H,5,9H2,1-3H3,(H,18,19). The molecule has 0 saturated heterocycles. The van der Waals surface area contributed by atoms with Gasteiger partial charge in [-0.05, 0) is 132 Å². The van der Waals surface area contributed by atoms with Crippen molar-refractivity contribution in [3.8, 4) is 0 Å². The quantitative estimate of drug-likeness (QED) is 0.407. The van der Waals surface area contributed by atoms with Crippen LogP contribution in [0.2, 0.25) is 0 Å². The molecule has 4 unspecified atom stereocenters. The Morgan fingerprint density at radius 3 is 1.56 bits per heavy atom. The Hall–Kier alpha value is -3.14. The normalized spacial score (nSPS) is 26.9. The van der Waals surface area contributed by atoms with Crippen molar-refractivity contribution < 1.29 is 19.4 Å². The van der Waals surface area contributed by atoms with E-state index >= 15 is 0 Å². The van der Waals surface area contributed by atoms with Gasteiger partial charge in [-0.1, -0.05) is 52.0 Å². The number of fused-ring (bicyclic) bond motifs is 2. The highest BCUT2D eigenvalue weighted by Crippen LogP contribution is 2.62. The van der Waals surface area contributed by atoms with Gasteiger partial charge in [0.05, 0.1) is 18.2 Å². The summed E-state index contributed by atoms with van der Waals surface area (Å²) >= 11 is 0. The maximum Gasteiger partial charge on any atom is 0.337 e. The molecule has 0 aromatic heterocycles. The Labute approximate surface area is 233 Å². The van der Waals surface area contributed by atoms with Crippen molar-refractivity contribution in [2.75, 3.05) is 7.11 Å². The molecule has 1 N–H and O–H groups in total. The van der Waals surface area contributed by atoms with Gasteiger partial charge < -0.3 is 9.84 Å². The minimum absolute atomic E-state index is 0.263. The van der Waals surface area contributed by atoms with Gasteiger partial charge in [0, 0.05) is 0 Å². The van der Waals surface area contributed by atoms with E-state index in [9.17, 15) is 9.59 Å². The van der Waals surface area contributed by atoms with Gasteiger partial charge in [-0.2, -0.15) is 0 Å². The molecule has 4 bridgehead atoms. The smallest absolute Gasteiger partial charge is 0.337 e. The highest BCUT2D eigenvalue weighted by atomic mass is 16.5. The Morgan fingerprint density at radius 2 is 1.21 bits per heavy atom. The molecule has 39 heavy (non-hydrogen) atoms. The Balaban J connectivity index is 0.000000158. The average Bonchev–Trinajstić information content (AvgIpc) is 2.92. The van der Waals surface area contributed by atoms with Gasteiger partial charge in [0.15, 0.2) is 0 Å². The van der Waals surface area contributed by atoms with E-state index < -0.39 is 5.97 Å². The van der Waals surface area contributed by atoms with Crippen LogP contribution >= 0.6 is 0 Å². The van der Waals surface area contributed by atoms with E-state index in [1.807, 2.05) is 25.1 Å². The average molecular weight is 527 g/mol. The number of allylic oxidation sites excluding steroid dienone is 4. The molecule has 2 saturated carbocycles. The summed E-state index contributed by atoms with van der Waals surface area (Å²) in [7, 11) is 1.42. The lowest BCUT2D eigenvalue weighted by Gasteiger charge is -2.56. The Bertz CT molecular complexity index is 1390. The second kappa shape index (κ2) is 9.80. The van der Waals surface area contributed by atoms with E-state index in [-0.39, 0.29) is 5.97 Å². The Kier molecular flexibility index (Phi) is 6.89. The largest absolute Gasteiger partial charge is 0.478 e. The second-order valence-electron chi connectivity index (χ2n) is 13.3. The van der Waals surface area contributed by atoms with E-state index in [4.69, 9.17) is 9.84 Å². The summed E-state index contributed by atoms with van der Waals surface area (Å²) in [6.45, 7) is 13.6. The maximum absolute atomic E-state index is 11.6. The van der Waals surface area contributed by atoms with Gasteiger partial charge in [-0.3, -0.25) is 0 Å². The summed E-state index contributed by atoms with van der Waals surface area (Å²) in [5.74, 6) is 1.88. The van der Waals surface area contributed by atoms with E-state index in [2.05, 4.69) is 52.8 Å². The second-order valence-corrected chi connectivity index (χ2v) is 13.3. The number of carboxylic acids is 1. The van der Waals surface area contributed by atoms with Crippen molar-refractivity contribution in [1.29, 1.82) is 0 Å². The number of carboxylic acid groups (broad SMARTS) is 1. The molecule has 6 aliphatic rings. The lowest BCUT2D eigenvalue weighted by atomic mass is 9.48. The number of carbonyl (C=O) groups is 2. The SMILES string of the molecule is COC(=O)c1ccc(C2=CCC3CC2C3(C)C)c(C)c1.Cc1cc(C(=O)O)ccc1C1=CCC2CC1C2(C)C. The highest BCUT2D eigenvalue weighted by Gasteiger charge is 2.52. The number of aryl methyl sites for hydroxylation is 2. The fourth-order valence-electron chi connectivity index (χ4n) is 7.66. The molecule has 8 rings (SSSR count). The van der Waals surface area contributed by atoms with E-state index in [0.717, 1.165) is 17.4 Å². The molecular weight excluding hydrogens is 484 g/mol. The van der Waals surface area contributed by atoms with Crippen molar-refractivity contribution >= 4 is 23.1 Å². The minimum atomic E-state index is -0.851. The number of benzene rings is 2. The molecule has 4 heteroatoms. The van der Waals surface area contributed by atoms with Crippen LogP contribution in [0.25, 0.3) is 11.1 Å². The van der Waals surface area contributed by atoms with Crippen molar-refractivity contribution in [3.63, 3.8) is 0 Å². The first-order chi connectivity index (χ1) is 18.4. The van der Waals surface area contributed by atoms with Gasteiger partial charge in [-0.25, -0.2) is 9.59 Å². The third-order valence-electron chi connectivity index (χ3n) is 10.7. The fourth-order valence-corrected chi connectivity index (χ4v) is 7.66. The van der Waals surface area contributed by atoms with E-state index in [1.54, 1.807) is 12.1 Å². The van der Waals surface area contributed by atoms with Gasteiger partial charge in [-0.15, -0.1) is 0 Å². The number of hydrogen-bond donors (Lipinski definition) is 1. The van der Waals surface area contributed by atoms with Crippen LogP contribution in [0, 0.1) is 48.3 Å². The van der Waals surface area contributed by atoms with Crippen molar-refractivity contribution in [2.45, 2.75) is 67.2 Å². The molecule has 0 spiro atoms. The molecule has 6 aliphatic carbocycles. The Morgan fingerprint density at radius 1 is 0.769 bits per heavy atom. The molecule has 0 aliphatic heterocycles. The number of esters is 1. The molecule has 4 nitrogen and oxygen atoms in total. The first-order valence-electron chi connectivity index (χ1n) is 14.3.